The predicted octanol–water partition coefficient (Wildman–Crippen LogP) is 3.00. The summed E-state index contributed by atoms with van der Waals surface area (Å²) in [6.07, 6.45) is 8.49. The summed E-state index contributed by atoms with van der Waals surface area (Å²) < 4.78 is 13.4. The van der Waals surface area contributed by atoms with Crippen molar-refractivity contribution in [2.24, 2.45) is 11.8 Å². The third kappa shape index (κ3) is 4.42. The molecule has 1 fully saturated rings. The van der Waals surface area contributed by atoms with E-state index in [-0.39, 0.29) is 47.5 Å². The van der Waals surface area contributed by atoms with E-state index in [1.165, 1.54) is 18.5 Å². The molecule has 3 unspecified atom stereocenters. The van der Waals surface area contributed by atoms with Gasteiger partial charge in [-0.3, -0.25) is 9.59 Å². The van der Waals surface area contributed by atoms with Crippen LogP contribution in [-0.2, 0) is 6.54 Å². The molecule has 1 saturated carbocycles. The van der Waals surface area contributed by atoms with Crippen molar-refractivity contribution in [2.75, 3.05) is 0 Å². The minimum atomic E-state index is -0.455. The number of carbonyl (C=O) groups is 2. The summed E-state index contributed by atoms with van der Waals surface area (Å²) in [7, 11) is 0. The Balaban J connectivity index is 1.39. The molecule has 2 amide bonds. The van der Waals surface area contributed by atoms with E-state index in [2.05, 4.69) is 26.7 Å². The monoisotopic (exact) mass is 431 g/mol. The third-order valence-corrected chi connectivity index (χ3v) is 5.98. The molecule has 0 saturated heterocycles. The molecule has 0 bridgehead atoms. The molecule has 0 aliphatic heterocycles. The molecule has 2 N–H and O–H groups in total. The van der Waals surface area contributed by atoms with Crippen LogP contribution >= 0.6 is 0 Å². The van der Waals surface area contributed by atoms with E-state index in [4.69, 9.17) is 0 Å². The Morgan fingerprint density at radius 3 is 2.72 bits per heavy atom. The minimum absolute atomic E-state index is 0.0699. The van der Waals surface area contributed by atoms with Crippen LogP contribution in [0.3, 0.4) is 0 Å². The highest BCUT2D eigenvalue weighted by Gasteiger charge is 2.38. The van der Waals surface area contributed by atoms with Gasteiger partial charge in [-0.1, -0.05) is 24.3 Å². The van der Waals surface area contributed by atoms with E-state index in [1.807, 2.05) is 18.2 Å². The summed E-state index contributed by atoms with van der Waals surface area (Å²) >= 11 is 0. The van der Waals surface area contributed by atoms with E-state index in [9.17, 15) is 19.2 Å². The Kier molecular flexibility index (Phi) is 6.08. The number of fused-ring (bicyclic) bond motifs is 1. The van der Waals surface area contributed by atoms with Crippen LogP contribution in [0.4, 0.5) is 4.39 Å². The number of aryl methyl sites for hydroxylation is 1. The van der Waals surface area contributed by atoms with Gasteiger partial charge in [-0.2, -0.15) is 5.26 Å². The molecule has 162 valence electrons. The van der Waals surface area contributed by atoms with Crippen molar-refractivity contribution in [3.63, 3.8) is 0 Å². The van der Waals surface area contributed by atoms with Crippen LogP contribution < -0.4 is 10.6 Å². The van der Waals surface area contributed by atoms with Crippen LogP contribution in [0.2, 0.25) is 0 Å². The van der Waals surface area contributed by atoms with Gasteiger partial charge < -0.3 is 10.6 Å². The molecule has 3 atom stereocenters. The molecule has 1 aromatic heterocycles. The maximum absolute atomic E-state index is 13.4. The van der Waals surface area contributed by atoms with Crippen molar-refractivity contribution < 1.29 is 14.0 Å². The molecule has 2 aliphatic carbocycles. The third-order valence-electron chi connectivity index (χ3n) is 5.98. The molecular formula is C24H22FN5O2. The van der Waals surface area contributed by atoms with Crippen molar-refractivity contribution in [2.45, 2.75) is 32.4 Å². The van der Waals surface area contributed by atoms with Gasteiger partial charge in [0.1, 0.15) is 23.5 Å². The van der Waals surface area contributed by atoms with Crippen LogP contribution in [0.1, 0.15) is 44.9 Å². The molecule has 4 rings (SSSR count). The number of halogens is 1. The smallest absolute Gasteiger partial charge is 0.270 e. The quantitative estimate of drug-likeness (QED) is 0.757. The zero-order valence-electron chi connectivity index (χ0n) is 17.5. The Labute approximate surface area is 185 Å². The zero-order chi connectivity index (χ0) is 22.7. The zero-order valence-corrected chi connectivity index (χ0v) is 17.5. The number of hydrogen-bond donors (Lipinski definition) is 2. The maximum atomic E-state index is 13.4. The van der Waals surface area contributed by atoms with E-state index in [1.54, 1.807) is 19.1 Å². The van der Waals surface area contributed by atoms with Gasteiger partial charge in [0, 0.05) is 36.1 Å². The summed E-state index contributed by atoms with van der Waals surface area (Å²) in [6.45, 7) is 1.86. The number of nitriles is 1. The Hall–Kier alpha value is -3.86. The number of aromatic nitrogens is 2. The predicted molar refractivity (Wildman–Crippen MR) is 115 cm³/mol. The first-order valence-electron chi connectivity index (χ1n) is 10.4. The van der Waals surface area contributed by atoms with Gasteiger partial charge in [0.25, 0.3) is 11.8 Å². The fraction of sp³-hybridized carbons (Fsp3) is 0.292. The highest BCUT2D eigenvalue weighted by atomic mass is 19.1. The van der Waals surface area contributed by atoms with Gasteiger partial charge >= 0.3 is 0 Å². The number of allylic oxidation sites excluding steroid dienone is 3. The van der Waals surface area contributed by atoms with E-state index in [0.29, 0.717) is 5.56 Å². The molecule has 1 heterocycles. The minimum Gasteiger partial charge on any atom is -0.347 e. The number of carbonyl (C=O) groups excluding carboxylic acids is 2. The summed E-state index contributed by atoms with van der Waals surface area (Å²) in [6, 6.07) is 8.11. The average Bonchev–Trinajstić information content (AvgIpc) is 3.22. The Morgan fingerprint density at radius 1 is 1.19 bits per heavy atom. The highest BCUT2D eigenvalue weighted by molar-refractivity contribution is 5.97. The van der Waals surface area contributed by atoms with Gasteiger partial charge in [0.2, 0.25) is 0 Å². The molecule has 1 aromatic carbocycles. The van der Waals surface area contributed by atoms with Gasteiger partial charge in [0.15, 0.2) is 0 Å². The Bertz CT molecular complexity index is 1170. The molecule has 32 heavy (non-hydrogen) atoms. The largest absolute Gasteiger partial charge is 0.347 e. The molecule has 8 heteroatoms. The molecule has 2 aromatic rings. The molecule has 0 spiro atoms. The second-order valence-electron chi connectivity index (χ2n) is 8.01. The standard InChI is InChI=1S/C24H22FN5O2/c1-14-9-15(5-7-19(14)25)12-27-23(31)21-10-22(29-13-28-21)24(32)30-20-8-6-17-16(11-26)3-2-4-18(17)20/h2-5,7,9-10,13,17-18,20H,6,8,12H2,1H3,(H,27,31)(H,30,32). The first kappa shape index (κ1) is 21.4. The summed E-state index contributed by atoms with van der Waals surface area (Å²) in [4.78, 5) is 33.2. The van der Waals surface area contributed by atoms with Crippen molar-refractivity contribution in [1.29, 1.82) is 5.26 Å². The molecule has 7 nitrogen and oxygen atoms in total. The van der Waals surface area contributed by atoms with Gasteiger partial charge in [-0.15, -0.1) is 0 Å². The van der Waals surface area contributed by atoms with Crippen molar-refractivity contribution in [3.05, 3.63) is 82.7 Å². The number of amides is 2. The van der Waals surface area contributed by atoms with Crippen molar-refractivity contribution in [1.82, 2.24) is 20.6 Å². The summed E-state index contributed by atoms with van der Waals surface area (Å²) in [5.74, 6) is -0.950. The Morgan fingerprint density at radius 2 is 1.97 bits per heavy atom. The first-order valence-corrected chi connectivity index (χ1v) is 10.4. The van der Waals surface area contributed by atoms with E-state index >= 15 is 0 Å². The van der Waals surface area contributed by atoms with E-state index in [0.717, 1.165) is 24.0 Å². The van der Waals surface area contributed by atoms with Crippen LogP contribution in [0, 0.1) is 35.9 Å². The lowest BCUT2D eigenvalue weighted by molar-refractivity contribution is 0.0925. The lowest BCUT2D eigenvalue weighted by Gasteiger charge is -2.24. The highest BCUT2D eigenvalue weighted by Crippen LogP contribution is 2.40. The van der Waals surface area contributed by atoms with Gasteiger partial charge in [-0.05, 0) is 43.0 Å². The second kappa shape index (κ2) is 9.10. The summed E-state index contributed by atoms with van der Waals surface area (Å²) in [5, 5.41) is 15.0. The van der Waals surface area contributed by atoms with Crippen LogP contribution in [0.15, 0.2) is 54.4 Å². The average molecular weight is 431 g/mol. The number of hydrogen-bond acceptors (Lipinski definition) is 5. The lowest BCUT2D eigenvalue weighted by Crippen LogP contribution is -2.39. The lowest BCUT2D eigenvalue weighted by atomic mass is 9.84. The summed E-state index contributed by atoms with van der Waals surface area (Å²) in [5.41, 5.74) is 2.16. The van der Waals surface area contributed by atoms with Crippen LogP contribution in [0.5, 0.6) is 0 Å². The van der Waals surface area contributed by atoms with Gasteiger partial charge in [-0.25, -0.2) is 14.4 Å². The van der Waals surface area contributed by atoms with Crippen molar-refractivity contribution in [3.8, 4) is 6.07 Å². The number of rotatable bonds is 5. The van der Waals surface area contributed by atoms with E-state index < -0.39 is 5.91 Å². The van der Waals surface area contributed by atoms with Gasteiger partial charge in [0.05, 0.1) is 6.07 Å². The number of benzene rings is 1. The maximum Gasteiger partial charge on any atom is 0.270 e. The SMILES string of the molecule is Cc1cc(CNC(=O)c2cc(C(=O)NC3CCC4C(C#N)=CC=CC34)ncn2)ccc1F. The molecule has 2 aliphatic rings. The van der Waals surface area contributed by atoms with Crippen LogP contribution in [0.25, 0.3) is 0 Å². The fourth-order valence-electron chi connectivity index (χ4n) is 4.29. The first-order chi connectivity index (χ1) is 15.5. The number of nitrogens with one attached hydrogen (secondary N) is 2. The fourth-order valence-corrected chi connectivity index (χ4v) is 4.29. The molecular weight excluding hydrogens is 409 g/mol. The normalized spacial score (nSPS) is 21.3. The topological polar surface area (TPSA) is 108 Å². The number of nitrogens with zero attached hydrogens (tertiary/aromatic N) is 3. The van der Waals surface area contributed by atoms with Crippen LogP contribution in [-0.4, -0.2) is 27.8 Å². The van der Waals surface area contributed by atoms with Crippen molar-refractivity contribution >= 4 is 11.8 Å². The molecule has 0 radical (unpaired) electrons. The second-order valence-corrected chi connectivity index (χ2v) is 8.01.